The monoisotopic (exact) mass is 389 g/mol. The van der Waals surface area contributed by atoms with E-state index in [1.54, 1.807) is 0 Å². The summed E-state index contributed by atoms with van der Waals surface area (Å²) in [7, 11) is 0. The van der Waals surface area contributed by atoms with Crippen molar-refractivity contribution in [1.82, 2.24) is 14.7 Å². The van der Waals surface area contributed by atoms with Gasteiger partial charge in [0.1, 0.15) is 11.3 Å². The summed E-state index contributed by atoms with van der Waals surface area (Å²) < 4.78 is 8.09. The van der Waals surface area contributed by atoms with Crippen LogP contribution >= 0.6 is 0 Å². The van der Waals surface area contributed by atoms with Crippen LogP contribution in [0.2, 0.25) is 0 Å². The summed E-state index contributed by atoms with van der Waals surface area (Å²) in [5.41, 5.74) is 4.03. The van der Waals surface area contributed by atoms with Crippen LogP contribution in [0, 0.1) is 0 Å². The van der Waals surface area contributed by atoms with Crippen LogP contribution in [0.4, 0.5) is 0 Å². The first kappa shape index (κ1) is 19.4. The molecular formula is C24H27N3O2. The number of aliphatic hydroxyl groups is 1. The molecule has 150 valence electrons. The van der Waals surface area contributed by atoms with Crippen LogP contribution in [0.3, 0.4) is 0 Å². The van der Waals surface area contributed by atoms with E-state index in [-0.39, 0.29) is 6.61 Å². The Kier molecular flexibility index (Phi) is 5.79. The van der Waals surface area contributed by atoms with Gasteiger partial charge in [-0.2, -0.15) is 5.10 Å². The molecule has 0 saturated carbocycles. The molecular weight excluding hydrogens is 362 g/mol. The van der Waals surface area contributed by atoms with Crippen molar-refractivity contribution in [2.75, 3.05) is 13.2 Å². The van der Waals surface area contributed by atoms with Gasteiger partial charge in [0.15, 0.2) is 5.76 Å². The number of hydrogen-bond acceptors (Lipinski definition) is 4. The van der Waals surface area contributed by atoms with Gasteiger partial charge in [-0.3, -0.25) is 9.58 Å². The maximum Gasteiger partial charge on any atom is 0.156 e. The Morgan fingerprint density at radius 3 is 2.55 bits per heavy atom. The molecule has 0 bridgehead atoms. The summed E-state index contributed by atoms with van der Waals surface area (Å²) in [6.07, 6.45) is 2.10. The largest absolute Gasteiger partial charge is 0.454 e. The summed E-state index contributed by atoms with van der Waals surface area (Å²) in [5, 5.41) is 15.4. The molecule has 2 heterocycles. The fourth-order valence-electron chi connectivity index (χ4n) is 3.60. The molecule has 1 N–H and O–H groups in total. The van der Waals surface area contributed by atoms with Gasteiger partial charge in [-0.1, -0.05) is 48.5 Å². The molecule has 0 aliphatic carbocycles. The lowest BCUT2D eigenvalue weighted by Gasteiger charge is -2.25. The predicted molar refractivity (Wildman–Crippen MR) is 116 cm³/mol. The zero-order chi connectivity index (χ0) is 20.2. The molecule has 0 atom stereocenters. The average Bonchev–Trinajstić information content (AvgIpc) is 3.32. The average molecular weight is 389 g/mol. The van der Waals surface area contributed by atoms with Crippen molar-refractivity contribution in [1.29, 1.82) is 0 Å². The van der Waals surface area contributed by atoms with Crippen molar-refractivity contribution in [3.8, 4) is 11.5 Å². The minimum atomic E-state index is 0.135. The van der Waals surface area contributed by atoms with Crippen LogP contribution in [0.25, 0.3) is 22.4 Å². The minimum absolute atomic E-state index is 0.135. The molecule has 5 nitrogen and oxygen atoms in total. The Morgan fingerprint density at radius 1 is 1.07 bits per heavy atom. The third-order valence-electron chi connectivity index (χ3n) is 5.17. The van der Waals surface area contributed by atoms with Crippen molar-refractivity contribution in [3.63, 3.8) is 0 Å². The highest BCUT2D eigenvalue weighted by Gasteiger charge is 2.19. The van der Waals surface area contributed by atoms with Gasteiger partial charge in [0.2, 0.25) is 0 Å². The molecule has 4 aromatic rings. The van der Waals surface area contributed by atoms with E-state index in [0.717, 1.165) is 28.0 Å². The Bertz CT molecular complexity index is 1030. The molecule has 4 rings (SSSR count). The predicted octanol–water partition coefficient (Wildman–Crippen LogP) is 4.55. The van der Waals surface area contributed by atoms with Crippen LogP contribution < -0.4 is 0 Å². The summed E-state index contributed by atoms with van der Waals surface area (Å²) in [5.74, 6) is 0.778. The van der Waals surface area contributed by atoms with Crippen LogP contribution in [-0.4, -0.2) is 39.0 Å². The Balaban J connectivity index is 1.72. The molecule has 0 amide bonds. The van der Waals surface area contributed by atoms with Crippen molar-refractivity contribution < 1.29 is 9.52 Å². The number of furan rings is 1. The summed E-state index contributed by atoms with van der Waals surface area (Å²) in [6, 6.07) is 20.7. The molecule has 0 aliphatic rings. The van der Waals surface area contributed by atoms with Gasteiger partial charge in [-0.15, -0.1) is 0 Å². The second-order valence-electron chi connectivity index (χ2n) is 7.62. The maximum absolute atomic E-state index is 9.46. The van der Waals surface area contributed by atoms with E-state index in [2.05, 4.69) is 49.2 Å². The smallest absolute Gasteiger partial charge is 0.156 e. The van der Waals surface area contributed by atoms with Gasteiger partial charge >= 0.3 is 0 Å². The highest BCUT2D eigenvalue weighted by atomic mass is 16.3. The van der Waals surface area contributed by atoms with Crippen LogP contribution in [0.1, 0.15) is 25.0 Å². The van der Waals surface area contributed by atoms with Gasteiger partial charge in [0.25, 0.3) is 0 Å². The molecule has 0 radical (unpaired) electrons. The Morgan fingerprint density at radius 2 is 1.83 bits per heavy atom. The fraction of sp³-hybridized carbons (Fsp3) is 0.292. The Labute approximate surface area is 171 Å². The molecule has 0 aliphatic heterocycles. The molecule has 5 heteroatoms. The number of nitrogens with zero attached hydrogens (tertiary/aromatic N) is 3. The van der Waals surface area contributed by atoms with E-state index in [1.807, 2.05) is 41.1 Å². The maximum atomic E-state index is 9.46. The third kappa shape index (κ3) is 4.42. The number of aromatic nitrogens is 2. The number of fused-ring (bicyclic) bond motifs is 1. The van der Waals surface area contributed by atoms with Gasteiger partial charge in [0, 0.05) is 36.3 Å². The quantitative estimate of drug-likeness (QED) is 0.480. The number of hydrogen-bond donors (Lipinski definition) is 1. The lowest BCUT2D eigenvalue weighted by Crippen LogP contribution is -2.32. The van der Waals surface area contributed by atoms with Crippen molar-refractivity contribution in [2.24, 2.45) is 0 Å². The molecule has 0 unspecified atom stereocenters. The SMILES string of the molecule is CC(C)N(CCO)Cc1cn(Cc2ccccc2)nc1-c1cc2ccccc2o1. The van der Waals surface area contributed by atoms with Crippen molar-refractivity contribution in [2.45, 2.75) is 33.0 Å². The van der Waals surface area contributed by atoms with E-state index >= 15 is 0 Å². The third-order valence-corrected chi connectivity index (χ3v) is 5.17. The van der Waals surface area contributed by atoms with Crippen molar-refractivity contribution >= 4 is 11.0 Å². The fourth-order valence-corrected chi connectivity index (χ4v) is 3.60. The first-order valence-electron chi connectivity index (χ1n) is 10.1. The van der Waals surface area contributed by atoms with Crippen molar-refractivity contribution in [3.05, 3.63) is 78.0 Å². The van der Waals surface area contributed by atoms with E-state index in [4.69, 9.17) is 9.52 Å². The number of benzene rings is 2. The summed E-state index contributed by atoms with van der Waals surface area (Å²) >= 11 is 0. The first-order valence-corrected chi connectivity index (χ1v) is 10.1. The molecule has 0 fully saturated rings. The van der Waals surface area contributed by atoms with Gasteiger partial charge in [-0.05, 0) is 31.5 Å². The normalized spacial score (nSPS) is 11.8. The second kappa shape index (κ2) is 8.64. The first-order chi connectivity index (χ1) is 14.1. The van der Waals surface area contributed by atoms with E-state index in [9.17, 15) is 5.11 Å². The van der Waals surface area contributed by atoms with Crippen LogP contribution in [0.15, 0.2) is 71.3 Å². The summed E-state index contributed by atoms with van der Waals surface area (Å²) in [6.45, 7) is 6.46. The van der Waals surface area contributed by atoms with Gasteiger partial charge < -0.3 is 9.52 Å². The zero-order valence-electron chi connectivity index (χ0n) is 17.0. The summed E-state index contributed by atoms with van der Waals surface area (Å²) in [4.78, 5) is 2.25. The number of rotatable bonds is 8. The van der Waals surface area contributed by atoms with E-state index in [0.29, 0.717) is 25.7 Å². The van der Waals surface area contributed by atoms with Crippen LogP contribution in [-0.2, 0) is 13.1 Å². The highest BCUT2D eigenvalue weighted by Crippen LogP contribution is 2.30. The molecule has 2 aromatic heterocycles. The lowest BCUT2D eigenvalue weighted by molar-refractivity contribution is 0.159. The van der Waals surface area contributed by atoms with Crippen LogP contribution in [0.5, 0.6) is 0 Å². The molecule has 0 spiro atoms. The zero-order valence-corrected chi connectivity index (χ0v) is 17.0. The Hall–Kier alpha value is -2.89. The number of para-hydroxylation sites is 1. The number of aliphatic hydroxyl groups excluding tert-OH is 1. The lowest BCUT2D eigenvalue weighted by atomic mass is 10.1. The van der Waals surface area contributed by atoms with Gasteiger partial charge in [-0.25, -0.2) is 0 Å². The molecule has 0 saturated heterocycles. The van der Waals surface area contributed by atoms with E-state index < -0.39 is 0 Å². The van der Waals surface area contributed by atoms with Gasteiger partial charge in [0.05, 0.1) is 13.2 Å². The topological polar surface area (TPSA) is 54.4 Å². The minimum Gasteiger partial charge on any atom is -0.454 e. The van der Waals surface area contributed by atoms with E-state index in [1.165, 1.54) is 5.56 Å². The standard InChI is InChI=1S/C24H27N3O2/c1-18(2)26(12-13-28)16-21-17-27(15-19-8-4-3-5-9-19)25-24(21)23-14-20-10-6-7-11-22(20)29-23/h3-11,14,17-18,28H,12-13,15-16H2,1-2H3. The second-order valence-corrected chi connectivity index (χ2v) is 7.62. The highest BCUT2D eigenvalue weighted by molar-refractivity contribution is 5.82. The molecule has 29 heavy (non-hydrogen) atoms. The molecule has 2 aromatic carbocycles.